The number of carbonyl (C=O) groups is 2. The van der Waals surface area contributed by atoms with Crippen LogP contribution in [0.5, 0.6) is 5.75 Å². The van der Waals surface area contributed by atoms with Crippen LogP contribution in [0.15, 0.2) is 60.7 Å². The number of benzene rings is 2. The lowest BCUT2D eigenvalue weighted by molar-refractivity contribution is 0.0918. The largest absolute Gasteiger partial charge is 0.492 e. The molecular formula is C24H25N3O3. The third kappa shape index (κ3) is 4.14. The minimum absolute atomic E-state index is 0.0303. The molecule has 0 saturated carbocycles. The van der Waals surface area contributed by atoms with E-state index in [1.54, 1.807) is 16.8 Å². The Labute approximate surface area is 176 Å². The second-order valence-corrected chi connectivity index (χ2v) is 7.52. The van der Waals surface area contributed by atoms with E-state index >= 15 is 0 Å². The molecule has 2 aromatic carbocycles. The fraction of sp³-hybridized carbons (Fsp3) is 0.250. The van der Waals surface area contributed by atoms with Crippen molar-refractivity contribution in [2.45, 2.75) is 20.4 Å². The Morgan fingerprint density at radius 2 is 1.77 bits per heavy atom. The number of fused-ring (bicyclic) bond motifs is 1. The summed E-state index contributed by atoms with van der Waals surface area (Å²) in [5.41, 5.74) is 6.71. The molecule has 1 aromatic heterocycles. The van der Waals surface area contributed by atoms with E-state index in [1.165, 1.54) is 0 Å². The summed E-state index contributed by atoms with van der Waals surface area (Å²) in [6.45, 7) is 5.94. The van der Waals surface area contributed by atoms with E-state index < -0.39 is 0 Å². The lowest BCUT2D eigenvalue weighted by Crippen LogP contribution is -2.32. The van der Waals surface area contributed by atoms with Gasteiger partial charge in [0, 0.05) is 41.2 Å². The maximum Gasteiger partial charge on any atom is 0.270 e. The predicted octanol–water partition coefficient (Wildman–Crippen LogP) is 3.57. The number of amides is 1. The number of hydrogen-bond acceptors (Lipinski definition) is 4. The molecule has 0 bridgehead atoms. The Morgan fingerprint density at radius 1 is 1.03 bits per heavy atom. The van der Waals surface area contributed by atoms with E-state index in [9.17, 15) is 9.59 Å². The first-order chi connectivity index (χ1) is 14.5. The van der Waals surface area contributed by atoms with Gasteiger partial charge in [0.15, 0.2) is 5.78 Å². The summed E-state index contributed by atoms with van der Waals surface area (Å²) in [7, 11) is 0. The molecule has 0 fully saturated rings. The molecule has 4 rings (SSSR count). The topological polar surface area (TPSA) is 63.6 Å². The van der Waals surface area contributed by atoms with Gasteiger partial charge < -0.3 is 4.74 Å². The first-order valence-electron chi connectivity index (χ1n) is 10.0. The van der Waals surface area contributed by atoms with Crippen LogP contribution in [0.1, 0.15) is 37.7 Å². The third-order valence-corrected chi connectivity index (χ3v) is 5.38. The van der Waals surface area contributed by atoms with E-state index in [2.05, 4.69) is 10.3 Å². The van der Waals surface area contributed by atoms with Crippen molar-refractivity contribution in [3.05, 3.63) is 88.7 Å². The van der Waals surface area contributed by atoms with Crippen molar-refractivity contribution in [2.24, 2.45) is 0 Å². The predicted molar refractivity (Wildman–Crippen MR) is 116 cm³/mol. The molecule has 2 heterocycles. The first kappa shape index (κ1) is 19.9. The van der Waals surface area contributed by atoms with Gasteiger partial charge in [0.1, 0.15) is 12.4 Å². The van der Waals surface area contributed by atoms with E-state index in [0.29, 0.717) is 37.4 Å². The average Bonchev–Trinajstić information content (AvgIpc) is 2.92. The van der Waals surface area contributed by atoms with Crippen LogP contribution in [-0.2, 0) is 6.54 Å². The molecule has 1 aliphatic rings. The molecule has 0 spiro atoms. The minimum atomic E-state index is -0.210. The zero-order valence-corrected chi connectivity index (χ0v) is 17.2. The number of rotatable bonds is 5. The summed E-state index contributed by atoms with van der Waals surface area (Å²) in [5, 5.41) is 0. The smallest absolute Gasteiger partial charge is 0.270 e. The Morgan fingerprint density at radius 3 is 2.57 bits per heavy atom. The number of ketones is 1. The number of nitrogens with zero attached hydrogens (tertiary/aromatic N) is 2. The van der Waals surface area contributed by atoms with Gasteiger partial charge in [-0.15, -0.1) is 0 Å². The van der Waals surface area contributed by atoms with E-state index in [1.807, 2.05) is 62.4 Å². The molecule has 0 radical (unpaired) electrons. The Kier molecular flexibility index (Phi) is 5.68. The van der Waals surface area contributed by atoms with E-state index in [-0.39, 0.29) is 11.7 Å². The molecule has 3 aromatic rings. The summed E-state index contributed by atoms with van der Waals surface area (Å²) < 4.78 is 7.48. The SMILES string of the molecule is Cc1cc(C(=O)CN2CCOc3ccccc3C2)c(C)n1NC(=O)c1ccccc1. The van der Waals surface area contributed by atoms with Gasteiger partial charge in [-0.1, -0.05) is 36.4 Å². The highest BCUT2D eigenvalue weighted by Gasteiger charge is 2.22. The molecule has 0 atom stereocenters. The highest BCUT2D eigenvalue weighted by Crippen LogP contribution is 2.23. The lowest BCUT2D eigenvalue weighted by atomic mass is 10.1. The molecule has 154 valence electrons. The van der Waals surface area contributed by atoms with Crippen LogP contribution < -0.4 is 10.2 Å². The molecule has 0 unspecified atom stereocenters. The summed E-state index contributed by atoms with van der Waals surface area (Å²) in [6.07, 6.45) is 0. The normalized spacial score (nSPS) is 13.8. The monoisotopic (exact) mass is 403 g/mol. The van der Waals surface area contributed by atoms with Crippen LogP contribution in [0.2, 0.25) is 0 Å². The molecule has 1 aliphatic heterocycles. The Balaban J connectivity index is 1.48. The second-order valence-electron chi connectivity index (χ2n) is 7.52. The van der Waals surface area contributed by atoms with Gasteiger partial charge in [0.25, 0.3) is 5.91 Å². The average molecular weight is 403 g/mol. The van der Waals surface area contributed by atoms with E-state index in [4.69, 9.17) is 4.74 Å². The van der Waals surface area contributed by atoms with Crippen molar-refractivity contribution in [3.8, 4) is 5.75 Å². The Bertz CT molecular complexity index is 1070. The van der Waals surface area contributed by atoms with Crippen LogP contribution in [0, 0.1) is 13.8 Å². The van der Waals surface area contributed by atoms with Gasteiger partial charge in [0.05, 0.1) is 6.54 Å². The summed E-state index contributed by atoms with van der Waals surface area (Å²) in [4.78, 5) is 27.7. The van der Waals surface area contributed by atoms with Crippen LogP contribution in [0.25, 0.3) is 0 Å². The zero-order chi connectivity index (χ0) is 21.1. The first-order valence-corrected chi connectivity index (χ1v) is 10.0. The molecular weight excluding hydrogens is 378 g/mol. The number of carbonyl (C=O) groups excluding carboxylic acids is 2. The standard InChI is InChI=1S/C24H25N3O3/c1-17-14-21(18(2)27(17)25-24(29)19-8-4-3-5-9-19)22(28)16-26-12-13-30-23-11-7-6-10-20(23)15-26/h3-11,14H,12-13,15-16H2,1-2H3,(H,25,29). The summed E-state index contributed by atoms with van der Waals surface area (Å²) >= 11 is 0. The van der Waals surface area contributed by atoms with Crippen molar-refractivity contribution in [3.63, 3.8) is 0 Å². The number of nitrogens with one attached hydrogen (secondary N) is 1. The van der Waals surface area contributed by atoms with Gasteiger partial charge in [-0.25, -0.2) is 0 Å². The molecule has 6 heteroatoms. The van der Waals surface area contributed by atoms with Crippen molar-refractivity contribution in [1.82, 2.24) is 9.58 Å². The van der Waals surface area contributed by atoms with Gasteiger partial charge in [-0.3, -0.25) is 24.6 Å². The number of aromatic nitrogens is 1. The van der Waals surface area contributed by atoms with Crippen LogP contribution in [0.4, 0.5) is 0 Å². The number of aryl methyl sites for hydroxylation is 1. The van der Waals surface area contributed by atoms with Gasteiger partial charge in [-0.2, -0.15) is 0 Å². The number of Topliss-reactive ketones (excluding diaryl/α,β-unsaturated/α-hetero) is 1. The molecule has 0 aliphatic carbocycles. The van der Waals surface area contributed by atoms with Crippen LogP contribution >= 0.6 is 0 Å². The maximum absolute atomic E-state index is 13.1. The summed E-state index contributed by atoms with van der Waals surface area (Å²) in [5.74, 6) is 0.703. The van der Waals surface area contributed by atoms with Crippen molar-refractivity contribution in [1.29, 1.82) is 0 Å². The quantitative estimate of drug-likeness (QED) is 0.662. The second kappa shape index (κ2) is 8.55. The summed E-state index contributed by atoms with van der Waals surface area (Å²) in [6, 6.07) is 18.8. The minimum Gasteiger partial charge on any atom is -0.492 e. The highest BCUT2D eigenvalue weighted by atomic mass is 16.5. The zero-order valence-electron chi connectivity index (χ0n) is 17.2. The highest BCUT2D eigenvalue weighted by molar-refractivity contribution is 6.01. The van der Waals surface area contributed by atoms with Crippen molar-refractivity contribution >= 4 is 11.7 Å². The molecule has 1 N–H and O–H groups in total. The Hall–Kier alpha value is -3.38. The lowest BCUT2D eigenvalue weighted by Gasteiger charge is -2.18. The number of hydrogen-bond donors (Lipinski definition) is 1. The van der Waals surface area contributed by atoms with Crippen molar-refractivity contribution < 1.29 is 14.3 Å². The van der Waals surface area contributed by atoms with Gasteiger partial charge in [-0.05, 0) is 38.1 Å². The fourth-order valence-corrected chi connectivity index (χ4v) is 3.78. The van der Waals surface area contributed by atoms with Crippen LogP contribution in [0.3, 0.4) is 0 Å². The van der Waals surface area contributed by atoms with Crippen molar-refractivity contribution in [2.75, 3.05) is 25.1 Å². The molecule has 30 heavy (non-hydrogen) atoms. The van der Waals surface area contributed by atoms with Crippen LogP contribution in [-0.4, -0.2) is 41.0 Å². The van der Waals surface area contributed by atoms with Gasteiger partial charge in [0.2, 0.25) is 0 Å². The third-order valence-electron chi connectivity index (χ3n) is 5.38. The molecule has 0 saturated heterocycles. The number of ether oxygens (including phenoxy) is 1. The number of para-hydroxylation sites is 1. The fourth-order valence-electron chi connectivity index (χ4n) is 3.78. The maximum atomic E-state index is 13.1. The van der Waals surface area contributed by atoms with Gasteiger partial charge >= 0.3 is 0 Å². The molecule has 6 nitrogen and oxygen atoms in total. The van der Waals surface area contributed by atoms with E-state index in [0.717, 1.165) is 22.7 Å². The molecule has 1 amide bonds.